The zero-order chi connectivity index (χ0) is 31.9. The number of anilines is 1. The van der Waals surface area contributed by atoms with Crippen molar-refractivity contribution in [1.82, 2.24) is 14.9 Å². The third-order valence-corrected chi connectivity index (χ3v) is 10.6. The van der Waals surface area contributed by atoms with Crippen LogP contribution in [-0.2, 0) is 0 Å². The van der Waals surface area contributed by atoms with Crippen LogP contribution < -0.4 is 15.3 Å². The van der Waals surface area contributed by atoms with Crippen LogP contribution in [-0.4, -0.2) is 75.7 Å². The van der Waals surface area contributed by atoms with Gasteiger partial charge in [0, 0.05) is 48.5 Å². The van der Waals surface area contributed by atoms with Crippen molar-refractivity contribution < 1.29 is 28.1 Å². The van der Waals surface area contributed by atoms with Crippen LogP contribution in [0, 0.1) is 36.9 Å². The Hall–Kier alpha value is -4.27. The summed E-state index contributed by atoms with van der Waals surface area (Å²) in [6.07, 6.45) is 8.12. The molecule has 0 unspecified atom stereocenters. The molecule has 2 aromatic heterocycles. The number of aromatic nitrogens is 2. The van der Waals surface area contributed by atoms with Gasteiger partial charge in [-0.15, -0.1) is 6.42 Å². The van der Waals surface area contributed by atoms with Crippen LogP contribution in [0.5, 0.6) is 11.8 Å². The number of hydrogen-bond donors (Lipinski definition) is 2. The molecule has 4 fully saturated rings. The molecule has 3 aliphatic heterocycles. The number of ether oxygens (including phenoxy) is 1. The zero-order valence-corrected chi connectivity index (χ0v) is 25.4. The van der Waals surface area contributed by atoms with Gasteiger partial charge in [0.2, 0.25) is 0 Å². The van der Waals surface area contributed by atoms with Crippen LogP contribution >= 0.6 is 0 Å². The summed E-state index contributed by atoms with van der Waals surface area (Å²) in [7, 11) is 0. The third kappa shape index (κ3) is 4.53. The van der Waals surface area contributed by atoms with Crippen LogP contribution in [0.15, 0.2) is 33.5 Å². The van der Waals surface area contributed by atoms with Crippen molar-refractivity contribution in [3.8, 4) is 35.4 Å². The number of phenolic OH excluding ortho intramolecular Hbond substituents is 1. The maximum Gasteiger partial charge on any atom is 0.349 e. The lowest BCUT2D eigenvalue weighted by atomic mass is 9.94. The number of nitrogens with zero attached hydrogens (tertiary/aromatic N) is 4. The summed E-state index contributed by atoms with van der Waals surface area (Å²) < 4.78 is 41.7. The molecule has 0 radical (unpaired) electrons. The number of benzene rings is 2. The van der Waals surface area contributed by atoms with Gasteiger partial charge >= 0.3 is 11.6 Å². The topological polar surface area (TPSA) is 112 Å². The number of piperidine rings is 1. The molecule has 2 aromatic carbocycles. The second kappa shape index (κ2) is 10.6. The zero-order valence-electron chi connectivity index (χ0n) is 25.4. The molecular weight excluding hydrogens is 594 g/mol. The number of rotatable bonds is 5. The van der Waals surface area contributed by atoms with Gasteiger partial charge in [0.25, 0.3) is 0 Å². The second-order valence-corrected chi connectivity index (χ2v) is 13.5. The van der Waals surface area contributed by atoms with E-state index in [1.54, 1.807) is 6.92 Å². The number of phenols is 1. The van der Waals surface area contributed by atoms with Crippen LogP contribution in [0.2, 0.25) is 0 Å². The molecule has 46 heavy (non-hydrogen) atoms. The summed E-state index contributed by atoms with van der Waals surface area (Å²) in [6, 6.07) is 5.65. The van der Waals surface area contributed by atoms with Gasteiger partial charge in [0.1, 0.15) is 35.5 Å². The highest BCUT2D eigenvalue weighted by molar-refractivity contribution is 6.03. The van der Waals surface area contributed by atoms with Gasteiger partial charge in [0.15, 0.2) is 5.82 Å². The summed E-state index contributed by atoms with van der Waals surface area (Å²) >= 11 is 0. The molecule has 11 heteroatoms. The van der Waals surface area contributed by atoms with Crippen molar-refractivity contribution in [1.29, 1.82) is 0 Å². The average molecular weight is 629 g/mol. The highest BCUT2D eigenvalue weighted by atomic mass is 19.1. The lowest BCUT2D eigenvalue weighted by molar-refractivity contribution is 0.107. The molecule has 8 rings (SSSR count). The maximum absolute atomic E-state index is 14.9. The first-order valence-corrected chi connectivity index (χ1v) is 15.9. The molecule has 4 aliphatic rings. The number of aliphatic hydroxyl groups is 1. The molecule has 0 spiro atoms. The molecule has 5 atom stereocenters. The quantitative estimate of drug-likeness (QED) is 0.304. The van der Waals surface area contributed by atoms with E-state index in [9.17, 15) is 23.8 Å². The first-order chi connectivity index (χ1) is 22.1. The highest BCUT2D eigenvalue weighted by Gasteiger charge is 2.49. The van der Waals surface area contributed by atoms with E-state index in [1.165, 1.54) is 24.3 Å². The van der Waals surface area contributed by atoms with E-state index in [0.717, 1.165) is 25.8 Å². The number of fused-ring (bicyclic) bond motifs is 5. The number of aliphatic hydroxyl groups excluding tert-OH is 1. The van der Waals surface area contributed by atoms with Crippen LogP contribution in [0.25, 0.3) is 33.0 Å². The van der Waals surface area contributed by atoms with Gasteiger partial charge in [0.05, 0.1) is 22.7 Å². The average Bonchev–Trinajstić information content (AvgIpc) is 3.65. The molecule has 3 saturated heterocycles. The molecular formula is C35H34F2N4O5. The molecule has 0 amide bonds. The molecule has 5 heterocycles. The summed E-state index contributed by atoms with van der Waals surface area (Å²) in [5.41, 5.74) is -0.169. The van der Waals surface area contributed by atoms with Crippen LogP contribution in [0.4, 0.5) is 14.6 Å². The molecule has 2 N–H and O–H groups in total. The van der Waals surface area contributed by atoms with Gasteiger partial charge in [-0.05, 0) is 68.7 Å². The summed E-state index contributed by atoms with van der Waals surface area (Å²) in [5.74, 6) is 2.41. The minimum atomic E-state index is -0.920. The Bertz CT molecular complexity index is 2010. The maximum atomic E-state index is 14.9. The molecule has 1 saturated carbocycles. The Morgan fingerprint density at radius 1 is 1.20 bits per heavy atom. The van der Waals surface area contributed by atoms with Crippen molar-refractivity contribution in [3.05, 3.63) is 51.6 Å². The highest BCUT2D eigenvalue weighted by Crippen LogP contribution is 2.43. The van der Waals surface area contributed by atoms with E-state index >= 15 is 0 Å². The fraction of sp³-hybridized carbons (Fsp3) is 0.457. The van der Waals surface area contributed by atoms with Crippen molar-refractivity contribution in [2.45, 2.75) is 56.8 Å². The number of terminal acetylenes is 1. The molecule has 4 aromatic rings. The first kappa shape index (κ1) is 29.2. The van der Waals surface area contributed by atoms with Crippen molar-refractivity contribution in [2.75, 3.05) is 37.7 Å². The Labute approximate surface area is 263 Å². The SMILES string of the molecule is C#Cc1c(F)ccc2cc(O)cc(-c3oc(=O)c4c(N5C[C@@H]6C[C@H](C5)[C@@H](O)C6)nc(OC[C@@]56CCCN5C[C@H](F)C6)nc4c3C)c12. The Kier molecular flexibility index (Phi) is 6.74. The van der Waals surface area contributed by atoms with E-state index in [2.05, 4.69) is 10.8 Å². The van der Waals surface area contributed by atoms with E-state index in [-0.39, 0.29) is 58.0 Å². The number of halogens is 2. The predicted octanol–water partition coefficient (Wildman–Crippen LogP) is 4.70. The Morgan fingerprint density at radius 3 is 2.85 bits per heavy atom. The van der Waals surface area contributed by atoms with Gasteiger partial charge in [-0.25, -0.2) is 13.6 Å². The van der Waals surface area contributed by atoms with Crippen LogP contribution in [0.3, 0.4) is 0 Å². The predicted molar refractivity (Wildman–Crippen MR) is 168 cm³/mol. The molecule has 238 valence electrons. The van der Waals surface area contributed by atoms with Crippen molar-refractivity contribution >= 4 is 27.5 Å². The normalized spacial score (nSPS) is 27.4. The van der Waals surface area contributed by atoms with Crippen molar-refractivity contribution in [3.63, 3.8) is 0 Å². The van der Waals surface area contributed by atoms with Gasteiger partial charge in [-0.2, -0.15) is 9.97 Å². The monoisotopic (exact) mass is 628 g/mol. The third-order valence-electron chi connectivity index (χ3n) is 10.6. The van der Waals surface area contributed by atoms with Crippen molar-refractivity contribution in [2.24, 2.45) is 11.8 Å². The molecule has 1 aliphatic carbocycles. The largest absolute Gasteiger partial charge is 0.508 e. The summed E-state index contributed by atoms with van der Waals surface area (Å²) in [5, 5.41) is 22.2. The van der Waals surface area contributed by atoms with Crippen LogP contribution in [0.1, 0.15) is 43.2 Å². The standard InChI is InChI=1S/C35H34F2N4O5/c1-3-24-26(37)6-5-20-11-23(42)12-25(28(20)24)31-18(2)30-29(33(44)46-31)32(40-14-19-9-21(15-40)27(43)10-19)39-34(38-30)45-17-35-7-4-8-41(35)16-22(36)13-35/h1,5-6,11-12,19,21-22,27,42-43H,4,7-10,13-17H2,2H3/t19-,21-,22-,27+,35+/m1/s1. The number of alkyl halides is 1. The Balaban J connectivity index is 1.31. The van der Waals surface area contributed by atoms with E-state index in [0.29, 0.717) is 54.6 Å². The van der Waals surface area contributed by atoms with E-state index in [4.69, 9.17) is 25.5 Å². The lowest BCUT2D eigenvalue weighted by Crippen LogP contribution is -2.43. The minimum Gasteiger partial charge on any atom is -0.508 e. The van der Waals surface area contributed by atoms with E-state index < -0.39 is 29.3 Å². The summed E-state index contributed by atoms with van der Waals surface area (Å²) in [6.45, 7) is 4.24. The lowest BCUT2D eigenvalue weighted by Gasteiger charge is -2.34. The first-order valence-electron chi connectivity index (χ1n) is 15.9. The van der Waals surface area contributed by atoms with Gasteiger partial charge in [-0.3, -0.25) is 4.90 Å². The number of aromatic hydroxyl groups is 1. The fourth-order valence-corrected chi connectivity index (χ4v) is 8.56. The van der Waals surface area contributed by atoms with E-state index in [1.807, 2.05) is 4.90 Å². The molecule has 2 bridgehead atoms. The van der Waals surface area contributed by atoms with Gasteiger partial charge < -0.3 is 24.3 Å². The molecule has 9 nitrogen and oxygen atoms in total. The Morgan fingerprint density at radius 2 is 2.04 bits per heavy atom. The fourth-order valence-electron chi connectivity index (χ4n) is 8.56. The second-order valence-electron chi connectivity index (χ2n) is 13.5. The summed E-state index contributed by atoms with van der Waals surface area (Å²) in [4.78, 5) is 27.6. The smallest absolute Gasteiger partial charge is 0.349 e. The number of hydrogen-bond acceptors (Lipinski definition) is 9. The van der Waals surface area contributed by atoms with Gasteiger partial charge in [-0.1, -0.05) is 12.0 Å². The number of aryl methyl sites for hydroxylation is 1. The minimum absolute atomic E-state index is 0.0208.